The number of carboxylic acid groups (broad SMARTS) is 1. The van der Waals surface area contributed by atoms with Crippen LogP contribution in [0.5, 0.6) is 11.5 Å². The third-order valence-electron chi connectivity index (χ3n) is 11.3. The summed E-state index contributed by atoms with van der Waals surface area (Å²) in [6, 6.07) is 18.7. The van der Waals surface area contributed by atoms with Gasteiger partial charge in [0.25, 0.3) is 0 Å². The summed E-state index contributed by atoms with van der Waals surface area (Å²) in [5, 5.41) is 9.61. The smallest absolute Gasteiger partial charge is 0.419 e. The van der Waals surface area contributed by atoms with Gasteiger partial charge in [-0.3, -0.25) is 14.6 Å². The van der Waals surface area contributed by atoms with E-state index in [0.717, 1.165) is 67.0 Å². The average molecular weight is 783 g/mol. The van der Waals surface area contributed by atoms with Gasteiger partial charge in [-0.1, -0.05) is 61.4 Å². The Morgan fingerprint density at radius 3 is 1.61 bits per heavy atom. The molecule has 2 atom stereocenters. The van der Waals surface area contributed by atoms with E-state index in [2.05, 4.69) is 11.8 Å². The number of likely N-dealkylation sites (tertiary alicyclic amines) is 2. The van der Waals surface area contributed by atoms with Crippen LogP contribution >= 0.6 is 0 Å². The molecule has 0 aliphatic carbocycles. The maximum absolute atomic E-state index is 14.3. The topological polar surface area (TPSA) is 62.2 Å². The summed E-state index contributed by atoms with van der Waals surface area (Å²) in [5.41, 5.74) is 3.74. The summed E-state index contributed by atoms with van der Waals surface area (Å²) in [7, 11) is 0. The van der Waals surface area contributed by atoms with Gasteiger partial charge in [0.05, 0.1) is 11.1 Å². The summed E-state index contributed by atoms with van der Waals surface area (Å²) >= 11 is 0. The van der Waals surface area contributed by atoms with Crippen LogP contribution in [0.25, 0.3) is 11.1 Å². The maximum atomic E-state index is 14.3. The molecular formula is C44H48F6N2O4. The first kappa shape index (κ1) is 41.1. The molecule has 0 radical (unpaired) electrons. The third kappa shape index (κ3) is 9.69. The van der Waals surface area contributed by atoms with Gasteiger partial charge in [-0.2, -0.15) is 26.3 Å². The summed E-state index contributed by atoms with van der Waals surface area (Å²) in [5.74, 6) is -1.55. The van der Waals surface area contributed by atoms with Crippen molar-refractivity contribution >= 4 is 5.97 Å². The van der Waals surface area contributed by atoms with Crippen LogP contribution < -0.4 is 9.47 Å². The van der Waals surface area contributed by atoms with E-state index in [0.29, 0.717) is 47.8 Å². The Hall–Kier alpha value is -4.55. The van der Waals surface area contributed by atoms with Crippen molar-refractivity contribution in [3.8, 4) is 22.6 Å². The van der Waals surface area contributed by atoms with Gasteiger partial charge < -0.3 is 14.6 Å². The average Bonchev–Trinajstić information content (AvgIpc) is 3.15. The van der Waals surface area contributed by atoms with E-state index in [4.69, 9.17) is 9.47 Å². The molecule has 12 heteroatoms. The second-order valence-electron chi connectivity index (χ2n) is 15.0. The monoisotopic (exact) mass is 782 g/mol. The molecule has 6 rings (SSSR count). The van der Waals surface area contributed by atoms with Gasteiger partial charge >= 0.3 is 18.3 Å². The first-order valence-corrected chi connectivity index (χ1v) is 19.1. The molecule has 0 spiro atoms. The van der Waals surface area contributed by atoms with E-state index in [1.807, 2.05) is 26.0 Å². The fraction of sp³-hybridized carbons (Fsp3) is 0.432. The molecule has 2 heterocycles. The Bertz CT molecular complexity index is 2010. The van der Waals surface area contributed by atoms with Crippen molar-refractivity contribution in [2.24, 2.45) is 0 Å². The molecule has 6 nitrogen and oxygen atoms in total. The molecule has 0 aromatic heterocycles. The van der Waals surface area contributed by atoms with E-state index < -0.39 is 35.5 Å². The quantitative estimate of drug-likeness (QED) is 0.144. The number of piperidine rings is 2. The minimum Gasteiger partial charge on any atom is -0.488 e. The van der Waals surface area contributed by atoms with E-state index in [-0.39, 0.29) is 31.3 Å². The zero-order valence-electron chi connectivity index (χ0n) is 31.9. The van der Waals surface area contributed by atoms with Crippen molar-refractivity contribution < 1.29 is 45.7 Å². The summed E-state index contributed by atoms with van der Waals surface area (Å²) in [6.07, 6.45) is -4.13. The molecule has 4 aromatic rings. The van der Waals surface area contributed by atoms with Gasteiger partial charge in [0.1, 0.15) is 30.8 Å². The predicted molar refractivity (Wildman–Crippen MR) is 202 cm³/mol. The van der Waals surface area contributed by atoms with Gasteiger partial charge in [0.15, 0.2) is 0 Å². The third-order valence-corrected chi connectivity index (χ3v) is 11.3. The highest BCUT2D eigenvalue weighted by Gasteiger charge is 2.37. The number of hydrogen-bond donors (Lipinski definition) is 1. The normalized spacial score (nSPS) is 18.5. The Morgan fingerprint density at radius 2 is 1.14 bits per heavy atom. The van der Waals surface area contributed by atoms with E-state index >= 15 is 0 Å². The molecule has 56 heavy (non-hydrogen) atoms. The van der Waals surface area contributed by atoms with Crippen molar-refractivity contribution in [3.05, 3.63) is 117 Å². The van der Waals surface area contributed by atoms with Crippen molar-refractivity contribution in [1.29, 1.82) is 0 Å². The molecule has 4 aromatic carbocycles. The number of carboxylic acids is 1. The van der Waals surface area contributed by atoms with Gasteiger partial charge in [-0.15, -0.1) is 0 Å². The Balaban J connectivity index is 1.17. The van der Waals surface area contributed by atoms with Crippen LogP contribution in [0.15, 0.2) is 72.8 Å². The largest absolute Gasteiger partial charge is 0.488 e. The van der Waals surface area contributed by atoms with Crippen LogP contribution in [-0.2, 0) is 43.5 Å². The second-order valence-corrected chi connectivity index (χ2v) is 15.0. The number of halogens is 6. The number of carbonyl (C=O) groups is 1. The summed E-state index contributed by atoms with van der Waals surface area (Å²) in [6.45, 7) is 7.45. The van der Waals surface area contributed by atoms with Crippen LogP contribution in [0.1, 0.15) is 90.0 Å². The summed E-state index contributed by atoms with van der Waals surface area (Å²) in [4.78, 5) is 15.7. The van der Waals surface area contributed by atoms with Crippen LogP contribution in [0.3, 0.4) is 0 Å². The molecule has 0 unspecified atom stereocenters. The molecule has 2 fully saturated rings. The number of alkyl halides is 6. The molecule has 2 saturated heterocycles. The standard InChI is InChI=1S/C44H48F6N2O4/c1-28-10-4-6-20-51(28)24-31-16-18-40(37(22-31)43(45,46)47)55-26-33-11-8-13-35(29(33)2)36-14-9-12-34(30(36)3)27-56-41-19-17-32(23-38(41)44(48,49)50)25-52-21-7-5-15-39(52)42(53)54/h8-9,11-14,16-19,22-23,28,39H,4-7,10,15,20-21,24-27H2,1-3H3,(H,53,54)/t28-,39+/m1/s1. The highest BCUT2D eigenvalue weighted by molar-refractivity contribution is 5.74. The van der Waals surface area contributed by atoms with Gasteiger partial charge in [0, 0.05) is 19.1 Å². The first-order valence-electron chi connectivity index (χ1n) is 19.1. The molecule has 1 N–H and O–H groups in total. The van der Waals surface area contributed by atoms with Crippen molar-refractivity contribution in [3.63, 3.8) is 0 Å². The van der Waals surface area contributed by atoms with E-state index in [1.165, 1.54) is 18.2 Å². The minimum absolute atomic E-state index is 0.0823. The highest BCUT2D eigenvalue weighted by Crippen LogP contribution is 2.40. The van der Waals surface area contributed by atoms with Gasteiger partial charge in [0.2, 0.25) is 0 Å². The lowest BCUT2D eigenvalue weighted by atomic mass is 9.92. The number of benzene rings is 4. The number of nitrogens with zero attached hydrogens (tertiary/aromatic N) is 2. The Morgan fingerprint density at radius 1 is 0.679 bits per heavy atom. The lowest BCUT2D eigenvalue weighted by Crippen LogP contribution is -2.44. The maximum Gasteiger partial charge on any atom is 0.419 e. The van der Waals surface area contributed by atoms with Gasteiger partial charge in [-0.05, 0) is 128 Å². The van der Waals surface area contributed by atoms with Crippen LogP contribution in [-0.4, -0.2) is 46.0 Å². The van der Waals surface area contributed by atoms with Crippen LogP contribution in [0, 0.1) is 13.8 Å². The highest BCUT2D eigenvalue weighted by atomic mass is 19.4. The predicted octanol–water partition coefficient (Wildman–Crippen LogP) is 11.0. The Labute approximate surface area is 324 Å². The fourth-order valence-electron chi connectivity index (χ4n) is 7.94. The van der Waals surface area contributed by atoms with Crippen LogP contribution in [0.4, 0.5) is 26.3 Å². The molecule has 2 aliphatic heterocycles. The number of hydrogen-bond acceptors (Lipinski definition) is 5. The Kier molecular flexibility index (Phi) is 12.7. The van der Waals surface area contributed by atoms with Crippen molar-refractivity contribution in [1.82, 2.24) is 9.80 Å². The number of aliphatic carboxylic acids is 1. The van der Waals surface area contributed by atoms with Crippen LogP contribution in [0.2, 0.25) is 0 Å². The molecule has 0 saturated carbocycles. The molecule has 2 aliphatic rings. The van der Waals surface area contributed by atoms with Gasteiger partial charge in [-0.25, -0.2) is 0 Å². The summed E-state index contributed by atoms with van der Waals surface area (Å²) < 4.78 is 97.4. The van der Waals surface area contributed by atoms with Crippen molar-refractivity contribution in [2.45, 2.75) is 110 Å². The molecule has 0 bridgehead atoms. The number of rotatable bonds is 12. The lowest BCUT2D eigenvalue weighted by Gasteiger charge is -2.33. The van der Waals surface area contributed by atoms with Crippen molar-refractivity contribution in [2.75, 3.05) is 13.1 Å². The van der Waals surface area contributed by atoms with E-state index in [1.54, 1.807) is 41.3 Å². The number of ether oxygens (including phenoxy) is 2. The second kappa shape index (κ2) is 17.3. The molecule has 300 valence electrons. The fourth-order valence-corrected chi connectivity index (χ4v) is 7.94. The molecule has 0 amide bonds. The lowest BCUT2D eigenvalue weighted by molar-refractivity contribution is -0.145. The zero-order chi connectivity index (χ0) is 40.2. The minimum atomic E-state index is -4.70. The molecular weight excluding hydrogens is 734 g/mol. The SMILES string of the molecule is Cc1c(COc2ccc(CN3CCCC[C@H]3C)cc2C(F)(F)F)cccc1-c1cccc(COc2ccc(CN3CCCC[C@H]3C(=O)O)cc2C(F)(F)F)c1C. The zero-order valence-corrected chi connectivity index (χ0v) is 31.9. The first-order chi connectivity index (χ1) is 26.6. The van der Waals surface area contributed by atoms with E-state index in [9.17, 15) is 36.2 Å².